The molecule has 0 rings (SSSR count). The van der Waals surface area contributed by atoms with Gasteiger partial charge >= 0.3 is 0 Å². The highest BCUT2D eigenvalue weighted by Crippen LogP contribution is 2.11. The summed E-state index contributed by atoms with van der Waals surface area (Å²) in [7, 11) is 0. The van der Waals surface area contributed by atoms with Gasteiger partial charge in [-0.05, 0) is 20.3 Å². The molecule has 0 aliphatic carbocycles. The Morgan fingerprint density at radius 3 is 1.64 bits per heavy atom. The Hall–Kier alpha value is -0.610. The number of aliphatic hydroxyl groups is 2. The number of unbranched alkanes of at least 4 members (excludes halogenated alkanes) is 8. The molecule has 4 heteroatoms. The number of nitrogens with zero attached hydrogens (tertiary/aromatic N) is 1. The van der Waals surface area contributed by atoms with Crippen LogP contribution in [0.25, 0.3) is 0 Å². The standard InChI is InChI=1S/C18H37NO3/c1-4-5-6-7-8-9-10-11-12-13-18(22)19(14-16(2)20)15-17(3)21/h16-17,20-21H,4-15H2,1-3H3. The van der Waals surface area contributed by atoms with E-state index in [4.69, 9.17) is 0 Å². The van der Waals surface area contributed by atoms with Crippen LogP contribution in [0.1, 0.15) is 85.0 Å². The number of carbonyl (C=O) groups excluding carboxylic acids is 1. The first-order chi connectivity index (χ1) is 10.5. The van der Waals surface area contributed by atoms with Gasteiger partial charge in [0.15, 0.2) is 0 Å². The predicted molar refractivity (Wildman–Crippen MR) is 91.8 cm³/mol. The number of carbonyl (C=O) groups is 1. The van der Waals surface area contributed by atoms with Crippen LogP contribution in [0.15, 0.2) is 0 Å². The van der Waals surface area contributed by atoms with Crippen LogP contribution in [-0.2, 0) is 4.79 Å². The van der Waals surface area contributed by atoms with Gasteiger partial charge in [0.1, 0.15) is 0 Å². The molecule has 0 radical (unpaired) electrons. The molecule has 0 aromatic rings. The number of hydrogen-bond donors (Lipinski definition) is 2. The minimum atomic E-state index is -0.550. The van der Waals surface area contributed by atoms with E-state index in [0.29, 0.717) is 19.5 Å². The molecule has 0 bridgehead atoms. The van der Waals surface area contributed by atoms with Crippen LogP contribution in [0.4, 0.5) is 0 Å². The van der Waals surface area contributed by atoms with Crippen LogP contribution in [0, 0.1) is 0 Å². The first-order valence-electron chi connectivity index (χ1n) is 9.11. The van der Waals surface area contributed by atoms with Gasteiger partial charge in [0, 0.05) is 19.5 Å². The largest absolute Gasteiger partial charge is 0.392 e. The minimum Gasteiger partial charge on any atom is -0.392 e. The molecule has 0 aliphatic rings. The summed E-state index contributed by atoms with van der Waals surface area (Å²) in [4.78, 5) is 13.7. The highest BCUT2D eigenvalue weighted by Gasteiger charge is 2.16. The Morgan fingerprint density at radius 1 is 0.818 bits per heavy atom. The highest BCUT2D eigenvalue weighted by molar-refractivity contribution is 5.76. The molecule has 2 N–H and O–H groups in total. The maximum absolute atomic E-state index is 12.1. The fourth-order valence-electron chi connectivity index (χ4n) is 2.66. The van der Waals surface area contributed by atoms with E-state index in [9.17, 15) is 15.0 Å². The molecule has 2 atom stereocenters. The third-order valence-corrected chi connectivity index (χ3v) is 3.82. The second kappa shape index (κ2) is 14.0. The Bertz CT molecular complexity index is 257. The summed E-state index contributed by atoms with van der Waals surface area (Å²) in [6, 6.07) is 0. The van der Waals surface area contributed by atoms with Crippen molar-refractivity contribution in [1.82, 2.24) is 4.90 Å². The third-order valence-electron chi connectivity index (χ3n) is 3.82. The quantitative estimate of drug-likeness (QED) is 0.482. The lowest BCUT2D eigenvalue weighted by Gasteiger charge is -2.25. The van der Waals surface area contributed by atoms with E-state index >= 15 is 0 Å². The Kier molecular flexibility index (Phi) is 13.6. The van der Waals surface area contributed by atoms with Gasteiger partial charge in [0.05, 0.1) is 12.2 Å². The zero-order chi connectivity index (χ0) is 16.8. The second-order valence-electron chi connectivity index (χ2n) is 6.58. The zero-order valence-electron chi connectivity index (χ0n) is 14.9. The number of rotatable bonds is 14. The van der Waals surface area contributed by atoms with E-state index in [-0.39, 0.29) is 5.91 Å². The molecule has 0 saturated carbocycles. The fourth-order valence-corrected chi connectivity index (χ4v) is 2.66. The van der Waals surface area contributed by atoms with Gasteiger partial charge in [0.2, 0.25) is 5.91 Å². The SMILES string of the molecule is CCCCCCCCCCCC(=O)N(CC(C)O)CC(C)O. The van der Waals surface area contributed by atoms with E-state index in [0.717, 1.165) is 12.8 Å². The monoisotopic (exact) mass is 315 g/mol. The molecular formula is C18H37NO3. The summed E-state index contributed by atoms with van der Waals surface area (Å²) in [5.41, 5.74) is 0. The molecule has 0 aromatic heterocycles. The number of aliphatic hydroxyl groups excluding tert-OH is 2. The molecule has 0 heterocycles. The minimum absolute atomic E-state index is 0.0461. The van der Waals surface area contributed by atoms with E-state index in [2.05, 4.69) is 6.92 Å². The average Bonchev–Trinajstić information content (AvgIpc) is 2.43. The average molecular weight is 315 g/mol. The first kappa shape index (κ1) is 21.4. The van der Waals surface area contributed by atoms with Crippen molar-refractivity contribution in [2.75, 3.05) is 13.1 Å². The molecule has 0 spiro atoms. The van der Waals surface area contributed by atoms with Gasteiger partial charge in [-0.1, -0.05) is 58.3 Å². The Balaban J connectivity index is 3.71. The van der Waals surface area contributed by atoms with Crippen LogP contribution >= 0.6 is 0 Å². The molecular weight excluding hydrogens is 278 g/mol. The van der Waals surface area contributed by atoms with Crippen LogP contribution in [0.5, 0.6) is 0 Å². The molecule has 0 fully saturated rings. The highest BCUT2D eigenvalue weighted by atomic mass is 16.3. The van der Waals surface area contributed by atoms with Crippen molar-refractivity contribution in [3.8, 4) is 0 Å². The molecule has 0 saturated heterocycles. The van der Waals surface area contributed by atoms with Gasteiger partial charge in [0.25, 0.3) is 0 Å². The molecule has 0 aliphatic heterocycles. The van der Waals surface area contributed by atoms with Crippen molar-refractivity contribution in [2.45, 2.75) is 97.2 Å². The summed E-state index contributed by atoms with van der Waals surface area (Å²) < 4.78 is 0. The van der Waals surface area contributed by atoms with Gasteiger partial charge in [-0.25, -0.2) is 0 Å². The van der Waals surface area contributed by atoms with Gasteiger partial charge in [-0.3, -0.25) is 4.79 Å². The zero-order valence-corrected chi connectivity index (χ0v) is 14.9. The normalized spacial score (nSPS) is 13.9. The van der Waals surface area contributed by atoms with Crippen molar-refractivity contribution in [2.24, 2.45) is 0 Å². The molecule has 1 amide bonds. The van der Waals surface area contributed by atoms with Gasteiger partial charge < -0.3 is 15.1 Å². The van der Waals surface area contributed by atoms with Crippen LogP contribution in [-0.4, -0.2) is 46.3 Å². The lowest BCUT2D eigenvalue weighted by Crippen LogP contribution is -2.40. The van der Waals surface area contributed by atoms with Crippen molar-refractivity contribution >= 4 is 5.91 Å². The Morgan fingerprint density at radius 2 is 1.23 bits per heavy atom. The van der Waals surface area contributed by atoms with Crippen LogP contribution in [0.2, 0.25) is 0 Å². The van der Waals surface area contributed by atoms with Gasteiger partial charge in [-0.2, -0.15) is 0 Å². The lowest BCUT2D eigenvalue weighted by molar-refractivity contribution is -0.134. The maximum Gasteiger partial charge on any atom is 0.222 e. The predicted octanol–water partition coefficient (Wildman–Crippen LogP) is 3.50. The Labute approximate surface area is 136 Å². The van der Waals surface area contributed by atoms with E-state index in [1.165, 1.54) is 44.9 Å². The molecule has 4 nitrogen and oxygen atoms in total. The van der Waals surface area contributed by atoms with E-state index < -0.39 is 12.2 Å². The van der Waals surface area contributed by atoms with E-state index in [1.54, 1.807) is 18.7 Å². The van der Waals surface area contributed by atoms with Gasteiger partial charge in [-0.15, -0.1) is 0 Å². The molecule has 0 aromatic carbocycles. The summed E-state index contributed by atoms with van der Waals surface area (Å²) in [6.07, 6.45) is 10.5. The topological polar surface area (TPSA) is 60.8 Å². The maximum atomic E-state index is 12.1. The molecule has 2 unspecified atom stereocenters. The lowest BCUT2D eigenvalue weighted by atomic mass is 10.1. The van der Waals surface area contributed by atoms with Crippen LogP contribution in [0.3, 0.4) is 0 Å². The molecule has 22 heavy (non-hydrogen) atoms. The number of amides is 1. The summed E-state index contributed by atoms with van der Waals surface area (Å²) in [5, 5.41) is 18.9. The molecule has 132 valence electrons. The van der Waals surface area contributed by atoms with Crippen molar-refractivity contribution in [1.29, 1.82) is 0 Å². The first-order valence-corrected chi connectivity index (χ1v) is 9.11. The number of hydrogen-bond acceptors (Lipinski definition) is 3. The summed E-state index contributed by atoms with van der Waals surface area (Å²) in [6.45, 7) is 6.18. The van der Waals surface area contributed by atoms with Crippen LogP contribution < -0.4 is 0 Å². The van der Waals surface area contributed by atoms with Crippen molar-refractivity contribution in [3.63, 3.8) is 0 Å². The second-order valence-corrected chi connectivity index (χ2v) is 6.58. The van der Waals surface area contributed by atoms with Crippen molar-refractivity contribution in [3.05, 3.63) is 0 Å². The van der Waals surface area contributed by atoms with E-state index in [1.807, 2.05) is 0 Å². The smallest absolute Gasteiger partial charge is 0.222 e. The third kappa shape index (κ3) is 13.1. The summed E-state index contributed by atoms with van der Waals surface area (Å²) >= 11 is 0. The fraction of sp³-hybridized carbons (Fsp3) is 0.944. The van der Waals surface area contributed by atoms with Crippen molar-refractivity contribution < 1.29 is 15.0 Å². The summed E-state index contributed by atoms with van der Waals surface area (Å²) in [5.74, 6) is 0.0461.